The lowest BCUT2D eigenvalue weighted by Crippen LogP contribution is -2.08. The van der Waals surface area contributed by atoms with E-state index < -0.39 is 0 Å². The van der Waals surface area contributed by atoms with E-state index in [1.54, 1.807) is 0 Å². The third kappa shape index (κ3) is 2.52. The molecule has 0 aliphatic carbocycles. The van der Waals surface area contributed by atoms with Gasteiger partial charge in [-0.05, 0) is 22.4 Å². The van der Waals surface area contributed by atoms with Crippen LogP contribution in [0.4, 0.5) is 0 Å². The normalized spacial score (nSPS) is 11.5. The van der Waals surface area contributed by atoms with Gasteiger partial charge in [0.2, 0.25) is 0 Å². The lowest BCUT2D eigenvalue weighted by atomic mass is 10.0. The van der Waals surface area contributed by atoms with Crippen LogP contribution in [0.15, 0.2) is 42.5 Å². The summed E-state index contributed by atoms with van der Waals surface area (Å²) >= 11 is 0. The van der Waals surface area contributed by atoms with Crippen LogP contribution < -0.4 is 5.73 Å². The molecular formula is C13H13ClN2. The lowest BCUT2D eigenvalue weighted by molar-refractivity contribution is 0.750. The minimum Gasteiger partial charge on any atom is -0.323 e. The van der Waals surface area contributed by atoms with Gasteiger partial charge in [0.15, 0.2) is 0 Å². The number of nitrogens with two attached hydrogens (primary N) is 1. The Bertz CT molecular complexity index is 517. The van der Waals surface area contributed by atoms with Crippen LogP contribution in [0.3, 0.4) is 0 Å². The lowest BCUT2D eigenvalue weighted by Gasteiger charge is -2.08. The molecule has 0 spiro atoms. The summed E-state index contributed by atoms with van der Waals surface area (Å²) in [7, 11) is 0. The largest absolute Gasteiger partial charge is 0.323 e. The Labute approximate surface area is 101 Å². The van der Waals surface area contributed by atoms with E-state index in [1.807, 2.05) is 24.3 Å². The predicted molar refractivity (Wildman–Crippen MR) is 68.4 cm³/mol. The van der Waals surface area contributed by atoms with Gasteiger partial charge in [-0.1, -0.05) is 36.4 Å². The van der Waals surface area contributed by atoms with E-state index in [9.17, 15) is 0 Å². The first kappa shape index (κ1) is 12.5. The fraction of sp³-hybridized carbons (Fsp3) is 0.154. The molecule has 82 valence electrons. The average molecular weight is 233 g/mol. The topological polar surface area (TPSA) is 49.8 Å². The van der Waals surface area contributed by atoms with E-state index in [2.05, 4.69) is 24.3 Å². The quantitative estimate of drug-likeness (QED) is 0.865. The van der Waals surface area contributed by atoms with Gasteiger partial charge in [-0.25, -0.2) is 0 Å². The molecule has 2 aromatic rings. The monoisotopic (exact) mass is 232 g/mol. The van der Waals surface area contributed by atoms with Gasteiger partial charge in [0.1, 0.15) is 0 Å². The van der Waals surface area contributed by atoms with Crippen molar-refractivity contribution in [3.63, 3.8) is 0 Å². The fourth-order valence-corrected chi connectivity index (χ4v) is 1.65. The van der Waals surface area contributed by atoms with Crippen LogP contribution in [0.2, 0.25) is 0 Å². The molecule has 0 fully saturated rings. The molecule has 3 heteroatoms. The van der Waals surface area contributed by atoms with Crippen molar-refractivity contribution in [3.8, 4) is 6.07 Å². The summed E-state index contributed by atoms with van der Waals surface area (Å²) in [6, 6.07) is 16.1. The van der Waals surface area contributed by atoms with Crippen LogP contribution in [0.5, 0.6) is 0 Å². The van der Waals surface area contributed by atoms with Crippen molar-refractivity contribution in [1.82, 2.24) is 0 Å². The number of hydrogen-bond acceptors (Lipinski definition) is 2. The van der Waals surface area contributed by atoms with Crippen LogP contribution in [-0.4, -0.2) is 0 Å². The van der Waals surface area contributed by atoms with Gasteiger partial charge in [-0.2, -0.15) is 5.26 Å². The van der Waals surface area contributed by atoms with Crippen LogP contribution in [0, 0.1) is 11.3 Å². The molecule has 0 aliphatic rings. The van der Waals surface area contributed by atoms with E-state index >= 15 is 0 Å². The summed E-state index contributed by atoms with van der Waals surface area (Å²) in [5, 5.41) is 11.0. The smallest absolute Gasteiger partial charge is 0.0641 e. The third-order valence-electron chi connectivity index (χ3n) is 2.51. The van der Waals surface area contributed by atoms with E-state index in [0.717, 1.165) is 5.56 Å². The summed E-state index contributed by atoms with van der Waals surface area (Å²) in [6.45, 7) is 0. The summed E-state index contributed by atoms with van der Waals surface area (Å²) in [4.78, 5) is 0. The number of benzene rings is 2. The minimum atomic E-state index is -0.181. The number of nitriles is 1. The van der Waals surface area contributed by atoms with Gasteiger partial charge in [-0.15, -0.1) is 12.4 Å². The SMILES string of the molecule is Cl.N#CC[C@@H](N)c1ccc2ccccc2c1. The van der Waals surface area contributed by atoms with Gasteiger partial charge in [0.25, 0.3) is 0 Å². The molecule has 0 heterocycles. The molecule has 0 bridgehead atoms. The predicted octanol–water partition coefficient (Wildman–Crippen LogP) is 3.18. The van der Waals surface area contributed by atoms with E-state index in [-0.39, 0.29) is 18.4 Å². The zero-order chi connectivity index (χ0) is 10.7. The highest BCUT2D eigenvalue weighted by atomic mass is 35.5. The summed E-state index contributed by atoms with van der Waals surface area (Å²) < 4.78 is 0. The second-order valence-corrected chi connectivity index (χ2v) is 3.58. The maximum Gasteiger partial charge on any atom is 0.0641 e. The van der Waals surface area contributed by atoms with Crippen LogP contribution >= 0.6 is 12.4 Å². The molecule has 0 saturated carbocycles. The highest BCUT2D eigenvalue weighted by Gasteiger charge is 2.05. The Morgan fingerprint density at radius 3 is 2.50 bits per heavy atom. The second-order valence-electron chi connectivity index (χ2n) is 3.58. The summed E-state index contributed by atoms with van der Waals surface area (Å²) in [5.41, 5.74) is 6.90. The van der Waals surface area contributed by atoms with E-state index in [4.69, 9.17) is 11.0 Å². The van der Waals surface area contributed by atoms with Crippen molar-refractivity contribution in [2.75, 3.05) is 0 Å². The highest BCUT2D eigenvalue weighted by molar-refractivity contribution is 5.85. The molecule has 2 rings (SSSR count). The summed E-state index contributed by atoms with van der Waals surface area (Å²) in [5.74, 6) is 0. The van der Waals surface area contributed by atoms with Crippen molar-refractivity contribution in [1.29, 1.82) is 5.26 Å². The van der Waals surface area contributed by atoms with Gasteiger partial charge >= 0.3 is 0 Å². The zero-order valence-corrected chi connectivity index (χ0v) is 9.58. The van der Waals surface area contributed by atoms with Crippen LogP contribution in [0.1, 0.15) is 18.0 Å². The van der Waals surface area contributed by atoms with Gasteiger partial charge in [0.05, 0.1) is 12.5 Å². The van der Waals surface area contributed by atoms with Gasteiger partial charge in [-0.3, -0.25) is 0 Å². The van der Waals surface area contributed by atoms with Crippen molar-refractivity contribution in [2.24, 2.45) is 5.73 Å². The molecule has 2 aromatic carbocycles. The Balaban J connectivity index is 0.00000128. The maximum absolute atomic E-state index is 8.58. The molecule has 2 nitrogen and oxygen atoms in total. The molecular weight excluding hydrogens is 220 g/mol. The molecule has 2 N–H and O–H groups in total. The first-order chi connectivity index (χ1) is 7.31. The molecule has 0 aliphatic heterocycles. The number of hydrogen-bond donors (Lipinski definition) is 1. The number of halogens is 1. The van der Waals surface area contributed by atoms with Gasteiger partial charge in [0, 0.05) is 6.04 Å². The van der Waals surface area contributed by atoms with Crippen molar-refractivity contribution >= 4 is 23.2 Å². The number of rotatable bonds is 2. The number of fused-ring (bicyclic) bond motifs is 1. The first-order valence-corrected chi connectivity index (χ1v) is 4.92. The first-order valence-electron chi connectivity index (χ1n) is 4.92. The Hall–Kier alpha value is -1.56. The fourth-order valence-electron chi connectivity index (χ4n) is 1.65. The Morgan fingerprint density at radius 2 is 1.81 bits per heavy atom. The zero-order valence-electron chi connectivity index (χ0n) is 8.76. The molecule has 16 heavy (non-hydrogen) atoms. The van der Waals surface area contributed by atoms with Crippen LogP contribution in [0.25, 0.3) is 10.8 Å². The molecule has 0 radical (unpaired) electrons. The van der Waals surface area contributed by atoms with Crippen molar-refractivity contribution in [2.45, 2.75) is 12.5 Å². The highest BCUT2D eigenvalue weighted by Crippen LogP contribution is 2.20. The molecule has 0 unspecified atom stereocenters. The van der Waals surface area contributed by atoms with Gasteiger partial charge < -0.3 is 5.73 Å². The van der Waals surface area contributed by atoms with Crippen molar-refractivity contribution in [3.05, 3.63) is 48.0 Å². The van der Waals surface area contributed by atoms with Crippen LogP contribution in [-0.2, 0) is 0 Å². The van der Waals surface area contributed by atoms with E-state index in [0.29, 0.717) is 6.42 Å². The van der Waals surface area contributed by atoms with E-state index in [1.165, 1.54) is 10.8 Å². The molecule has 0 saturated heterocycles. The maximum atomic E-state index is 8.58. The second kappa shape index (κ2) is 5.50. The third-order valence-corrected chi connectivity index (χ3v) is 2.51. The standard InChI is InChI=1S/C13H12N2.ClH/c14-8-7-13(15)12-6-5-10-3-1-2-4-11(10)9-12;/h1-6,9,13H,7,15H2;1H/t13-;/m1./s1. The Kier molecular flexibility index (Phi) is 4.30. The Morgan fingerprint density at radius 1 is 1.12 bits per heavy atom. The minimum absolute atomic E-state index is 0. The average Bonchev–Trinajstić information content (AvgIpc) is 2.29. The molecule has 0 aromatic heterocycles. The summed E-state index contributed by atoms with van der Waals surface area (Å²) in [6.07, 6.45) is 0.359. The molecule has 0 amide bonds. The number of nitrogens with zero attached hydrogens (tertiary/aromatic N) is 1. The molecule has 1 atom stereocenters. The van der Waals surface area contributed by atoms with Crippen molar-refractivity contribution < 1.29 is 0 Å².